The van der Waals surface area contributed by atoms with Crippen LogP contribution in [0.15, 0.2) is 133 Å². The van der Waals surface area contributed by atoms with Crippen LogP contribution in [-0.2, 0) is 33.0 Å². The Morgan fingerprint density at radius 3 is 1.90 bits per heavy atom. The van der Waals surface area contributed by atoms with Crippen molar-refractivity contribution < 1.29 is 33.8 Å². The average Bonchev–Trinajstić information content (AvgIpc) is 3.64. The van der Waals surface area contributed by atoms with Crippen LogP contribution in [0.4, 0.5) is 17.1 Å². The number of aliphatic hydroxyl groups is 1. The number of amides is 4. The van der Waals surface area contributed by atoms with Gasteiger partial charge in [-0.05, 0) is 78.8 Å². The van der Waals surface area contributed by atoms with Gasteiger partial charge in [0.15, 0.2) is 13.9 Å². The fourth-order valence-corrected chi connectivity index (χ4v) is 11.0. The van der Waals surface area contributed by atoms with Gasteiger partial charge in [0.05, 0.1) is 31.4 Å². The quantitative estimate of drug-likeness (QED) is 0.0944. The van der Waals surface area contributed by atoms with Gasteiger partial charge in [-0.25, -0.2) is 0 Å². The van der Waals surface area contributed by atoms with Gasteiger partial charge in [0.25, 0.3) is 17.7 Å². The maximum absolute atomic E-state index is 15.2. The number of carbonyl (C=O) groups is 4. The number of nitrogens with one attached hydrogen (secondary N) is 2. The molecule has 0 saturated carbocycles. The molecule has 0 unspecified atom stereocenters. The molecule has 1 spiro atoms. The summed E-state index contributed by atoms with van der Waals surface area (Å²) in [7, 11) is -3.13. The van der Waals surface area contributed by atoms with Gasteiger partial charge in [-0.3, -0.25) is 19.2 Å². The minimum absolute atomic E-state index is 0.107. The number of aliphatic hydroxyl groups excluding tert-OH is 1. The normalized spacial score (nSPS) is 19.8. The van der Waals surface area contributed by atoms with Crippen LogP contribution in [0, 0.1) is 5.92 Å². The number of ether oxygens (including phenoxy) is 1. The van der Waals surface area contributed by atoms with E-state index in [2.05, 4.69) is 10.6 Å². The predicted molar refractivity (Wildman–Crippen MR) is 226 cm³/mol. The van der Waals surface area contributed by atoms with Crippen molar-refractivity contribution in [3.8, 4) is 0 Å². The van der Waals surface area contributed by atoms with E-state index in [0.29, 0.717) is 33.8 Å². The first-order chi connectivity index (χ1) is 27.9. The van der Waals surface area contributed by atoms with Gasteiger partial charge < -0.3 is 35.1 Å². The largest absolute Gasteiger partial charge is 0.432 e. The van der Waals surface area contributed by atoms with Crippen LogP contribution in [0.25, 0.3) is 0 Å². The molecular formula is C46H48N4O7Si. The molecule has 0 radical (unpaired) electrons. The van der Waals surface area contributed by atoms with Crippen LogP contribution >= 0.6 is 0 Å². The van der Waals surface area contributed by atoms with Crippen LogP contribution in [0.3, 0.4) is 0 Å². The Bertz CT molecular complexity index is 2270. The van der Waals surface area contributed by atoms with Crippen molar-refractivity contribution in [3.63, 3.8) is 0 Å². The number of nitrogens with zero attached hydrogens (tertiary/aromatic N) is 2. The Morgan fingerprint density at radius 2 is 1.33 bits per heavy atom. The molecule has 12 heteroatoms. The lowest BCUT2D eigenvalue weighted by Crippen LogP contribution is -2.46. The van der Waals surface area contributed by atoms with Crippen molar-refractivity contribution in [3.05, 3.63) is 161 Å². The van der Waals surface area contributed by atoms with Gasteiger partial charge in [0.2, 0.25) is 5.91 Å². The van der Waals surface area contributed by atoms with E-state index in [9.17, 15) is 24.3 Å². The van der Waals surface area contributed by atoms with E-state index in [1.54, 1.807) is 102 Å². The molecule has 4 atom stereocenters. The molecule has 7 rings (SSSR count). The maximum atomic E-state index is 15.2. The molecule has 2 aliphatic heterocycles. The van der Waals surface area contributed by atoms with E-state index in [-0.39, 0.29) is 56.3 Å². The third-order valence-electron chi connectivity index (χ3n) is 11.2. The third kappa shape index (κ3) is 8.23. The molecule has 5 aromatic carbocycles. The monoisotopic (exact) mass is 796 g/mol. The molecule has 0 bridgehead atoms. The zero-order valence-electron chi connectivity index (χ0n) is 32.8. The number of hydrogen-bond donors (Lipinski definition) is 4. The fraction of sp³-hybridized carbons (Fsp3) is 0.261. The van der Waals surface area contributed by atoms with E-state index in [1.807, 2.05) is 61.5 Å². The fourth-order valence-electron chi connectivity index (χ4n) is 8.49. The Morgan fingerprint density at radius 1 is 0.776 bits per heavy atom. The summed E-state index contributed by atoms with van der Waals surface area (Å²) in [5.41, 5.74) is 2.77. The van der Waals surface area contributed by atoms with Crippen LogP contribution in [0.2, 0.25) is 18.6 Å². The molecule has 1 fully saturated rings. The first-order valence-electron chi connectivity index (χ1n) is 19.5. The second-order valence-electron chi connectivity index (χ2n) is 15.5. The standard InChI is InChI=1S/C46H48N4O7Si/c1-31-42(58(2,3)56)40(28-41(52)49(25-26-51)29-32-13-7-4-8-14-32)57-46(31)38-27-37(48-44(54)35-17-11-6-12-18-35)23-24-39(38)50(45(46)55)30-33-19-21-36(22-20-33)47-43(53)34-15-9-5-10-16-34/h4-24,27,31,40,42,51,56H,25-26,28-30H2,1-3H3,(H,47,53)(H,48,54)/t31-,40+,42-,46+/m1/s1. The second-order valence-corrected chi connectivity index (χ2v) is 19.5. The van der Waals surface area contributed by atoms with Crippen molar-refractivity contribution in [1.29, 1.82) is 0 Å². The molecule has 4 amide bonds. The van der Waals surface area contributed by atoms with Gasteiger partial charge in [0, 0.05) is 52.6 Å². The molecule has 2 aliphatic rings. The summed E-state index contributed by atoms with van der Waals surface area (Å²) in [5, 5.41) is 15.8. The second kappa shape index (κ2) is 16.9. The molecule has 58 heavy (non-hydrogen) atoms. The van der Waals surface area contributed by atoms with Gasteiger partial charge in [-0.1, -0.05) is 85.8 Å². The first kappa shape index (κ1) is 40.3. The average molecular weight is 797 g/mol. The summed E-state index contributed by atoms with van der Waals surface area (Å²) < 4.78 is 6.98. The highest BCUT2D eigenvalue weighted by Gasteiger charge is 2.66. The highest BCUT2D eigenvalue weighted by molar-refractivity contribution is 6.71. The Labute approximate surface area is 339 Å². The molecular weight excluding hydrogens is 749 g/mol. The molecule has 0 aliphatic carbocycles. The maximum Gasteiger partial charge on any atom is 0.264 e. The number of rotatable bonds is 13. The lowest BCUT2D eigenvalue weighted by molar-refractivity contribution is -0.150. The summed E-state index contributed by atoms with van der Waals surface area (Å²) in [6, 6.07) is 39.9. The Kier molecular flexibility index (Phi) is 11.7. The Hall–Kier alpha value is -5.92. The van der Waals surface area contributed by atoms with Gasteiger partial charge in [-0.2, -0.15) is 0 Å². The van der Waals surface area contributed by atoms with Crippen molar-refractivity contribution in [2.75, 3.05) is 28.7 Å². The summed E-state index contributed by atoms with van der Waals surface area (Å²) in [6.07, 6.45) is -0.929. The minimum Gasteiger partial charge on any atom is -0.432 e. The number of benzene rings is 5. The SMILES string of the molecule is C[C@@H]1[C@@H]([Si](C)(C)O)[C@H](CC(=O)N(CCO)Cc2ccccc2)O[C@@]12C(=O)N(Cc1ccc(NC(=O)c3ccccc3)cc1)c1ccc(NC(=O)c3ccccc3)cc12. The number of anilines is 3. The van der Waals surface area contributed by atoms with Crippen LogP contribution in [-0.4, -0.2) is 66.0 Å². The van der Waals surface area contributed by atoms with Crippen LogP contribution in [0.5, 0.6) is 0 Å². The molecule has 1 saturated heterocycles. The third-order valence-corrected chi connectivity index (χ3v) is 13.7. The molecule has 298 valence electrons. The highest BCUT2D eigenvalue weighted by atomic mass is 28.4. The zero-order chi connectivity index (χ0) is 41.0. The number of fused-ring (bicyclic) bond motifs is 2. The lowest BCUT2D eigenvalue weighted by atomic mass is 9.82. The topological polar surface area (TPSA) is 149 Å². The van der Waals surface area contributed by atoms with E-state index < -0.39 is 31.5 Å². The number of hydrogen-bond acceptors (Lipinski definition) is 7. The van der Waals surface area contributed by atoms with E-state index in [1.165, 1.54) is 0 Å². The highest BCUT2D eigenvalue weighted by Crippen LogP contribution is 2.60. The zero-order valence-corrected chi connectivity index (χ0v) is 33.8. The van der Waals surface area contributed by atoms with E-state index in [0.717, 1.165) is 11.1 Å². The summed E-state index contributed by atoms with van der Waals surface area (Å²) in [6.45, 7) is 5.84. The molecule has 11 nitrogen and oxygen atoms in total. The van der Waals surface area contributed by atoms with Crippen LogP contribution < -0.4 is 15.5 Å². The van der Waals surface area contributed by atoms with Crippen molar-refractivity contribution >= 4 is 49.0 Å². The molecule has 4 N–H and O–H groups in total. The molecule has 2 heterocycles. The molecule has 0 aromatic heterocycles. The summed E-state index contributed by atoms with van der Waals surface area (Å²) in [5.74, 6) is -1.72. The van der Waals surface area contributed by atoms with Gasteiger partial charge in [-0.15, -0.1) is 0 Å². The predicted octanol–water partition coefficient (Wildman–Crippen LogP) is 6.95. The minimum atomic E-state index is -3.13. The lowest BCUT2D eigenvalue weighted by Gasteiger charge is -2.32. The van der Waals surface area contributed by atoms with Crippen LogP contribution in [0.1, 0.15) is 50.8 Å². The van der Waals surface area contributed by atoms with Crippen molar-refractivity contribution in [2.45, 2.75) is 56.8 Å². The van der Waals surface area contributed by atoms with Gasteiger partial charge >= 0.3 is 0 Å². The van der Waals surface area contributed by atoms with E-state index in [4.69, 9.17) is 4.74 Å². The smallest absolute Gasteiger partial charge is 0.264 e. The molecule has 5 aromatic rings. The summed E-state index contributed by atoms with van der Waals surface area (Å²) >= 11 is 0. The van der Waals surface area contributed by atoms with E-state index >= 15 is 4.79 Å². The first-order valence-corrected chi connectivity index (χ1v) is 22.5. The van der Waals surface area contributed by atoms with Crippen molar-refractivity contribution in [2.24, 2.45) is 5.92 Å². The summed E-state index contributed by atoms with van der Waals surface area (Å²) in [4.78, 5) is 70.5. The number of carbonyl (C=O) groups excluding carboxylic acids is 4. The Balaban J connectivity index is 1.22. The van der Waals surface area contributed by atoms with Crippen molar-refractivity contribution in [1.82, 2.24) is 4.90 Å². The van der Waals surface area contributed by atoms with Gasteiger partial charge in [0.1, 0.15) is 0 Å².